The van der Waals surface area contributed by atoms with Gasteiger partial charge in [-0.25, -0.2) is 0 Å². The predicted octanol–water partition coefficient (Wildman–Crippen LogP) is 2.22. The Morgan fingerprint density at radius 2 is 1.82 bits per heavy atom. The molecule has 0 saturated carbocycles. The standard InChI is InChI=1S/C9H12OS/c1-8(10)11(2)9-6-4-3-5-7-9/h3-7,11H,1-2H3. The molecule has 1 atom stereocenters. The zero-order chi connectivity index (χ0) is 8.27. The summed E-state index contributed by atoms with van der Waals surface area (Å²) in [6.45, 7) is 1.65. The summed E-state index contributed by atoms with van der Waals surface area (Å²) in [5.74, 6) is 0. The third-order valence-corrected chi connectivity index (χ3v) is 3.63. The first-order valence-corrected chi connectivity index (χ1v) is 5.30. The van der Waals surface area contributed by atoms with Crippen molar-refractivity contribution in [3.63, 3.8) is 0 Å². The molecule has 2 heteroatoms. The molecule has 1 aromatic rings. The molecule has 0 amide bonds. The summed E-state index contributed by atoms with van der Waals surface area (Å²) in [6, 6.07) is 9.92. The fraction of sp³-hybridized carbons (Fsp3) is 0.222. The molecule has 0 bridgehead atoms. The Morgan fingerprint density at radius 3 is 2.27 bits per heavy atom. The molecular weight excluding hydrogens is 156 g/mol. The molecule has 0 aliphatic carbocycles. The topological polar surface area (TPSA) is 17.1 Å². The predicted molar refractivity (Wildman–Crippen MR) is 50.3 cm³/mol. The van der Waals surface area contributed by atoms with E-state index in [0.717, 1.165) is 4.90 Å². The van der Waals surface area contributed by atoms with E-state index in [2.05, 4.69) is 0 Å². The van der Waals surface area contributed by atoms with Crippen LogP contribution >= 0.6 is 10.9 Å². The summed E-state index contributed by atoms with van der Waals surface area (Å²) in [5.41, 5.74) is 0. The molecule has 0 N–H and O–H groups in total. The second kappa shape index (κ2) is 3.58. The first kappa shape index (κ1) is 8.34. The molecule has 1 unspecified atom stereocenters. The van der Waals surface area contributed by atoms with Gasteiger partial charge in [0.2, 0.25) is 0 Å². The van der Waals surface area contributed by atoms with Crippen LogP contribution in [0.4, 0.5) is 0 Å². The Hall–Kier alpha value is -0.760. The summed E-state index contributed by atoms with van der Waals surface area (Å²) in [7, 11) is -0.574. The lowest BCUT2D eigenvalue weighted by atomic mass is 10.4. The number of carbonyl (C=O) groups excluding carboxylic acids is 1. The molecule has 0 saturated heterocycles. The zero-order valence-corrected chi connectivity index (χ0v) is 7.64. The first-order valence-electron chi connectivity index (χ1n) is 3.51. The van der Waals surface area contributed by atoms with Crippen LogP contribution in [-0.4, -0.2) is 11.4 Å². The second-order valence-corrected chi connectivity index (χ2v) is 4.68. The third kappa shape index (κ3) is 2.09. The molecular formula is C9H12OS. The van der Waals surface area contributed by atoms with Gasteiger partial charge in [0.25, 0.3) is 0 Å². The van der Waals surface area contributed by atoms with Crippen LogP contribution in [0.2, 0.25) is 0 Å². The van der Waals surface area contributed by atoms with Crippen LogP contribution in [0.1, 0.15) is 6.92 Å². The summed E-state index contributed by atoms with van der Waals surface area (Å²) in [5, 5.41) is 0.284. The van der Waals surface area contributed by atoms with E-state index in [1.165, 1.54) is 0 Å². The molecule has 0 aromatic heterocycles. The minimum atomic E-state index is -0.574. The van der Waals surface area contributed by atoms with Crippen LogP contribution in [0, 0.1) is 0 Å². The van der Waals surface area contributed by atoms with E-state index >= 15 is 0 Å². The van der Waals surface area contributed by atoms with Gasteiger partial charge >= 0.3 is 0 Å². The van der Waals surface area contributed by atoms with Crippen molar-refractivity contribution in [1.82, 2.24) is 0 Å². The van der Waals surface area contributed by atoms with Crippen molar-refractivity contribution in [1.29, 1.82) is 0 Å². The van der Waals surface area contributed by atoms with Crippen LogP contribution < -0.4 is 0 Å². The normalized spacial score (nSPS) is 14.2. The quantitative estimate of drug-likeness (QED) is 0.636. The Bertz CT molecular complexity index is 243. The van der Waals surface area contributed by atoms with Crippen molar-refractivity contribution in [2.45, 2.75) is 11.8 Å². The average molecular weight is 168 g/mol. The maximum atomic E-state index is 11.0. The molecule has 11 heavy (non-hydrogen) atoms. The van der Waals surface area contributed by atoms with E-state index < -0.39 is 10.9 Å². The van der Waals surface area contributed by atoms with E-state index in [1.807, 2.05) is 36.6 Å². The molecule has 0 spiro atoms. The zero-order valence-electron chi connectivity index (χ0n) is 6.74. The number of thiol groups is 1. The van der Waals surface area contributed by atoms with Crippen molar-refractivity contribution in [2.24, 2.45) is 0 Å². The number of carbonyl (C=O) groups is 1. The Morgan fingerprint density at radius 1 is 1.27 bits per heavy atom. The fourth-order valence-corrected chi connectivity index (χ4v) is 1.82. The van der Waals surface area contributed by atoms with Crippen LogP contribution in [0.3, 0.4) is 0 Å². The Balaban J connectivity index is 2.85. The van der Waals surface area contributed by atoms with Gasteiger partial charge in [0.1, 0.15) is 0 Å². The lowest BCUT2D eigenvalue weighted by Gasteiger charge is -2.10. The highest BCUT2D eigenvalue weighted by Gasteiger charge is 2.03. The summed E-state index contributed by atoms with van der Waals surface area (Å²) >= 11 is 0. The SMILES string of the molecule is CC(=O)[SH](C)c1ccccc1. The number of hydrogen-bond acceptors (Lipinski definition) is 1. The smallest absolute Gasteiger partial charge is 0.170 e. The minimum Gasteiger partial charge on any atom is -0.289 e. The summed E-state index contributed by atoms with van der Waals surface area (Å²) < 4.78 is 0. The van der Waals surface area contributed by atoms with Gasteiger partial charge < -0.3 is 0 Å². The molecule has 0 heterocycles. The second-order valence-electron chi connectivity index (χ2n) is 2.41. The molecule has 0 aliphatic rings. The van der Waals surface area contributed by atoms with Crippen LogP contribution in [0.5, 0.6) is 0 Å². The van der Waals surface area contributed by atoms with E-state index in [-0.39, 0.29) is 5.12 Å². The van der Waals surface area contributed by atoms with E-state index in [0.29, 0.717) is 0 Å². The number of hydrogen-bond donors (Lipinski definition) is 1. The Kier molecular flexibility index (Phi) is 2.71. The molecule has 1 rings (SSSR count). The molecule has 1 nitrogen and oxygen atoms in total. The number of rotatable bonds is 1. The van der Waals surface area contributed by atoms with Crippen molar-refractivity contribution in [3.05, 3.63) is 30.3 Å². The summed E-state index contributed by atoms with van der Waals surface area (Å²) in [4.78, 5) is 12.1. The van der Waals surface area contributed by atoms with Gasteiger partial charge in [0, 0.05) is 6.92 Å². The van der Waals surface area contributed by atoms with Crippen molar-refractivity contribution in [3.8, 4) is 0 Å². The van der Waals surface area contributed by atoms with E-state index in [4.69, 9.17) is 0 Å². The molecule has 0 aliphatic heterocycles. The van der Waals surface area contributed by atoms with Gasteiger partial charge in [-0.2, -0.15) is 10.9 Å². The van der Waals surface area contributed by atoms with Crippen LogP contribution in [-0.2, 0) is 4.79 Å². The number of benzene rings is 1. The van der Waals surface area contributed by atoms with Crippen molar-refractivity contribution >= 4 is 16.0 Å². The fourth-order valence-electron chi connectivity index (χ4n) is 0.833. The Labute approximate surface area is 69.8 Å². The largest absolute Gasteiger partial charge is 0.289 e. The molecule has 1 aromatic carbocycles. The highest BCUT2D eigenvalue weighted by atomic mass is 32.2. The molecule has 0 radical (unpaired) electrons. The van der Waals surface area contributed by atoms with Gasteiger partial charge in [0.05, 0.1) is 0 Å². The van der Waals surface area contributed by atoms with Crippen LogP contribution in [0.15, 0.2) is 35.2 Å². The average Bonchev–Trinajstić information content (AvgIpc) is 2.05. The van der Waals surface area contributed by atoms with Crippen molar-refractivity contribution in [2.75, 3.05) is 6.26 Å². The maximum absolute atomic E-state index is 11.0. The van der Waals surface area contributed by atoms with Gasteiger partial charge in [-0.3, -0.25) is 4.79 Å². The maximum Gasteiger partial charge on any atom is 0.170 e. The van der Waals surface area contributed by atoms with E-state index in [9.17, 15) is 4.79 Å². The lowest BCUT2D eigenvalue weighted by Crippen LogP contribution is -1.90. The van der Waals surface area contributed by atoms with Gasteiger partial charge in [-0.15, -0.1) is 0 Å². The van der Waals surface area contributed by atoms with Crippen LogP contribution in [0.25, 0.3) is 0 Å². The highest BCUT2D eigenvalue weighted by Crippen LogP contribution is 2.31. The monoisotopic (exact) mass is 168 g/mol. The third-order valence-electron chi connectivity index (χ3n) is 1.62. The molecule has 0 fully saturated rings. The molecule has 60 valence electrons. The highest BCUT2D eigenvalue weighted by molar-refractivity contribution is 8.29. The first-order chi connectivity index (χ1) is 5.22. The van der Waals surface area contributed by atoms with Gasteiger partial charge in [-0.05, 0) is 23.3 Å². The minimum absolute atomic E-state index is 0.284. The lowest BCUT2D eigenvalue weighted by molar-refractivity contribution is -0.109. The van der Waals surface area contributed by atoms with E-state index in [1.54, 1.807) is 6.92 Å². The van der Waals surface area contributed by atoms with Gasteiger partial charge in [-0.1, -0.05) is 18.2 Å². The van der Waals surface area contributed by atoms with Gasteiger partial charge in [0.15, 0.2) is 5.12 Å². The van der Waals surface area contributed by atoms with Crippen molar-refractivity contribution < 1.29 is 4.79 Å². The summed E-state index contributed by atoms with van der Waals surface area (Å²) in [6.07, 6.45) is 1.99.